The number of rotatable bonds is 6. The monoisotopic (exact) mass is 396 g/mol. The van der Waals surface area contributed by atoms with E-state index < -0.39 is 0 Å². The first-order valence-electron chi connectivity index (χ1n) is 9.09. The summed E-state index contributed by atoms with van der Waals surface area (Å²) in [5.74, 6) is 0.996. The van der Waals surface area contributed by atoms with Crippen LogP contribution in [0.2, 0.25) is 0 Å². The average Bonchev–Trinajstić information content (AvgIpc) is 3.45. The van der Waals surface area contributed by atoms with Crippen LogP contribution in [0.5, 0.6) is 0 Å². The topological polar surface area (TPSA) is 79.5 Å². The van der Waals surface area contributed by atoms with Crippen LogP contribution in [0, 0.1) is 0 Å². The quantitative estimate of drug-likeness (QED) is 0.639. The van der Waals surface area contributed by atoms with E-state index in [-0.39, 0.29) is 18.4 Å². The summed E-state index contributed by atoms with van der Waals surface area (Å²) in [5, 5.41) is 5.91. The summed E-state index contributed by atoms with van der Waals surface area (Å²) in [6, 6.07) is 11.2. The Kier molecular flexibility index (Phi) is 5.21. The van der Waals surface area contributed by atoms with Crippen LogP contribution in [-0.4, -0.2) is 45.3 Å². The molecule has 1 aliphatic heterocycles. The molecule has 0 aliphatic carbocycles. The normalized spacial score (nSPS) is 13.9. The number of carbonyl (C=O) groups is 2. The van der Waals surface area contributed by atoms with Crippen molar-refractivity contribution in [3.63, 3.8) is 0 Å². The number of carbonyl (C=O) groups excluding carboxylic acids is 2. The molecular formula is C20H20N4O3S. The van der Waals surface area contributed by atoms with Crippen LogP contribution in [0.25, 0.3) is 10.7 Å². The van der Waals surface area contributed by atoms with Crippen LogP contribution in [-0.2, 0) is 17.9 Å². The van der Waals surface area contributed by atoms with Crippen LogP contribution >= 0.6 is 11.3 Å². The van der Waals surface area contributed by atoms with Gasteiger partial charge in [-0.15, -0.1) is 11.3 Å². The van der Waals surface area contributed by atoms with Gasteiger partial charge in [0.05, 0.1) is 11.4 Å². The van der Waals surface area contributed by atoms with Crippen molar-refractivity contribution >= 4 is 23.2 Å². The summed E-state index contributed by atoms with van der Waals surface area (Å²) in [4.78, 5) is 33.1. The van der Waals surface area contributed by atoms with Crippen LogP contribution < -0.4 is 0 Å². The minimum atomic E-state index is -0.125. The molecule has 8 heteroatoms. The van der Waals surface area contributed by atoms with Crippen LogP contribution in [0.15, 0.2) is 46.3 Å². The van der Waals surface area contributed by atoms with Gasteiger partial charge in [-0.25, -0.2) is 0 Å². The Morgan fingerprint density at radius 1 is 1.29 bits per heavy atom. The number of benzene rings is 1. The van der Waals surface area contributed by atoms with E-state index in [1.54, 1.807) is 24.1 Å². The Balaban J connectivity index is 1.37. The van der Waals surface area contributed by atoms with E-state index in [9.17, 15) is 9.59 Å². The number of amides is 2. The number of likely N-dealkylation sites (tertiary alicyclic amines) is 1. The number of thiophene rings is 1. The molecule has 3 aromatic rings. The fraction of sp³-hybridized carbons (Fsp3) is 0.300. The van der Waals surface area contributed by atoms with Gasteiger partial charge in [0.2, 0.25) is 17.6 Å². The molecule has 0 radical (unpaired) electrons. The van der Waals surface area contributed by atoms with Gasteiger partial charge in [-0.2, -0.15) is 4.98 Å². The summed E-state index contributed by atoms with van der Waals surface area (Å²) >= 11 is 1.53. The Morgan fingerprint density at radius 3 is 2.79 bits per heavy atom. The molecule has 0 unspecified atom stereocenters. The lowest BCUT2D eigenvalue weighted by Crippen LogP contribution is -2.26. The van der Waals surface area contributed by atoms with Gasteiger partial charge in [0.25, 0.3) is 5.91 Å². The third-order valence-corrected chi connectivity index (χ3v) is 5.54. The minimum absolute atomic E-state index is 0.125. The Hall–Kier alpha value is -3.00. The number of nitrogens with zero attached hydrogens (tertiary/aromatic N) is 4. The zero-order valence-electron chi connectivity index (χ0n) is 15.5. The smallest absolute Gasteiger partial charge is 0.254 e. The van der Waals surface area contributed by atoms with Crippen molar-refractivity contribution in [3.8, 4) is 10.7 Å². The molecule has 0 atom stereocenters. The lowest BCUT2D eigenvalue weighted by molar-refractivity contribution is -0.128. The fourth-order valence-corrected chi connectivity index (χ4v) is 3.81. The van der Waals surface area contributed by atoms with Gasteiger partial charge in [0.1, 0.15) is 0 Å². The number of aromatic nitrogens is 2. The van der Waals surface area contributed by atoms with E-state index in [1.807, 2.05) is 34.5 Å². The average molecular weight is 396 g/mol. The van der Waals surface area contributed by atoms with Crippen molar-refractivity contribution in [2.75, 3.05) is 13.6 Å². The lowest BCUT2D eigenvalue weighted by atomic mass is 10.1. The molecule has 1 saturated heterocycles. The molecule has 2 amide bonds. The number of hydrogen-bond acceptors (Lipinski definition) is 6. The van der Waals surface area contributed by atoms with E-state index in [0.717, 1.165) is 23.4 Å². The molecule has 0 spiro atoms. The van der Waals surface area contributed by atoms with Crippen molar-refractivity contribution < 1.29 is 14.1 Å². The Morgan fingerprint density at radius 2 is 2.11 bits per heavy atom. The van der Waals surface area contributed by atoms with E-state index in [2.05, 4.69) is 10.1 Å². The van der Waals surface area contributed by atoms with Crippen molar-refractivity contribution in [3.05, 3.63) is 58.8 Å². The van der Waals surface area contributed by atoms with E-state index in [1.165, 1.54) is 11.3 Å². The maximum absolute atomic E-state index is 12.7. The molecule has 0 bridgehead atoms. The molecule has 28 heavy (non-hydrogen) atoms. The maximum Gasteiger partial charge on any atom is 0.254 e. The van der Waals surface area contributed by atoms with Crippen LogP contribution in [0.1, 0.15) is 34.7 Å². The predicted molar refractivity (Wildman–Crippen MR) is 105 cm³/mol. The summed E-state index contributed by atoms with van der Waals surface area (Å²) in [6.45, 7) is 1.64. The van der Waals surface area contributed by atoms with Gasteiger partial charge in [0, 0.05) is 32.1 Å². The zero-order chi connectivity index (χ0) is 19.5. The second-order valence-corrected chi connectivity index (χ2v) is 7.71. The molecule has 1 fully saturated rings. The molecule has 1 aromatic carbocycles. The standard InChI is InChI=1S/C20H20N4O3S/c1-23(13-17-21-19(22-27-17)16-4-3-11-28-16)20(26)15-8-6-14(7-9-15)12-24-10-2-5-18(24)25/h3-4,6-9,11H,2,5,10,12-13H2,1H3. The summed E-state index contributed by atoms with van der Waals surface area (Å²) in [6.07, 6.45) is 1.55. The highest BCUT2D eigenvalue weighted by Crippen LogP contribution is 2.22. The molecule has 0 saturated carbocycles. The summed E-state index contributed by atoms with van der Waals surface area (Å²) in [5.41, 5.74) is 1.60. The highest BCUT2D eigenvalue weighted by molar-refractivity contribution is 7.13. The van der Waals surface area contributed by atoms with E-state index in [0.29, 0.717) is 30.2 Å². The highest BCUT2D eigenvalue weighted by Gasteiger charge is 2.20. The highest BCUT2D eigenvalue weighted by atomic mass is 32.1. The van der Waals surface area contributed by atoms with Gasteiger partial charge in [0.15, 0.2) is 0 Å². The SMILES string of the molecule is CN(Cc1nc(-c2cccs2)no1)C(=O)c1ccc(CN2CCCC2=O)cc1. The molecule has 4 rings (SSSR count). The van der Waals surface area contributed by atoms with Crippen molar-refractivity contribution in [1.82, 2.24) is 19.9 Å². The van der Waals surface area contributed by atoms with E-state index in [4.69, 9.17) is 4.52 Å². The summed E-state index contributed by atoms with van der Waals surface area (Å²) in [7, 11) is 1.70. The minimum Gasteiger partial charge on any atom is -0.338 e. The first-order valence-corrected chi connectivity index (χ1v) is 9.97. The molecule has 1 aliphatic rings. The second kappa shape index (κ2) is 7.93. The van der Waals surface area contributed by atoms with Crippen molar-refractivity contribution in [1.29, 1.82) is 0 Å². The lowest BCUT2D eigenvalue weighted by Gasteiger charge is -2.17. The predicted octanol–water partition coefficient (Wildman–Crippen LogP) is 3.19. The molecule has 144 valence electrons. The third kappa shape index (κ3) is 3.96. The molecular weight excluding hydrogens is 376 g/mol. The molecule has 3 heterocycles. The second-order valence-electron chi connectivity index (χ2n) is 6.77. The van der Waals surface area contributed by atoms with Gasteiger partial charge in [-0.3, -0.25) is 9.59 Å². The number of hydrogen-bond donors (Lipinski definition) is 0. The zero-order valence-corrected chi connectivity index (χ0v) is 16.3. The van der Waals surface area contributed by atoms with Crippen molar-refractivity contribution in [2.45, 2.75) is 25.9 Å². The molecule has 0 N–H and O–H groups in total. The maximum atomic E-state index is 12.7. The van der Waals surface area contributed by atoms with Gasteiger partial charge in [-0.1, -0.05) is 23.4 Å². The molecule has 7 nitrogen and oxygen atoms in total. The largest absolute Gasteiger partial charge is 0.338 e. The first kappa shape index (κ1) is 18.4. The van der Waals surface area contributed by atoms with E-state index >= 15 is 0 Å². The fourth-order valence-electron chi connectivity index (χ4n) is 3.16. The Bertz CT molecular complexity index is 966. The van der Waals surface area contributed by atoms with Crippen molar-refractivity contribution in [2.24, 2.45) is 0 Å². The molecule has 2 aromatic heterocycles. The van der Waals surface area contributed by atoms with Gasteiger partial charge >= 0.3 is 0 Å². The van der Waals surface area contributed by atoms with Crippen LogP contribution in [0.3, 0.4) is 0 Å². The third-order valence-electron chi connectivity index (χ3n) is 4.67. The Labute approximate surface area is 166 Å². The summed E-state index contributed by atoms with van der Waals surface area (Å²) < 4.78 is 5.26. The van der Waals surface area contributed by atoms with Crippen LogP contribution in [0.4, 0.5) is 0 Å². The first-order chi connectivity index (χ1) is 13.6. The van der Waals surface area contributed by atoms with Gasteiger partial charge in [-0.05, 0) is 35.6 Å². The van der Waals surface area contributed by atoms with Gasteiger partial charge < -0.3 is 14.3 Å².